The second-order valence-electron chi connectivity index (χ2n) is 4.25. The van der Waals surface area contributed by atoms with E-state index in [9.17, 15) is 5.11 Å². The highest BCUT2D eigenvalue weighted by Crippen LogP contribution is 2.33. The molecule has 0 spiro atoms. The van der Waals surface area contributed by atoms with Crippen LogP contribution in [-0.4, -0.2) is 5.11 Å². The van der Waals surface area contributed by atoms with Gasteiger partial charge in [-0.05, 0) is 37.6 Å². The van der Waals surface area contributed by atoms with Gasteiger partial charge < -0.3 is 9.84 Å². The number of aryl methyl sites for hydroxylation is 1. The van der Waals surface area contributed by atoms with Crippen LogP contribution in [0.3, 0.4) is 0 Å². The molecule has 0 aliphatic rings. The van der Waals surface area contributed by atoms with E-state index in [-0.39, 0.29) is 0 Å². The summed E-state index contributed by atoms with van der Waals surface area (Å²) in [6.07, 6.45) is -0.579. The maximum atomic E-state index is 9.69. The fraction of sp³-hybridized carbons (Fsp3) is 0.200. The first-order valence-corrected chi connectivity index (χ1v) is 6.16. The molecule has 2 rings (SSSR count). The van der Waals surface area contributed by atoms with Crippen LogP contribution in [0.1, 0.15) is 24.2 Å². The first-order chi connectivity index (χ1) is 8.58. The Morgan fingerprint density at radius 3 is 2.56 bits per heavy atom. The third kappa shape index (κ3) is 2.84. The molecule has 0 unspecified atom stereocenters. The summed E-state index contributed by atoms with van der Waals surface area (Å²) in [5.41, 5.74) is 1.82. The van der Waals surface area contributed by atoms with E-state index in [1.165, 1.54) is 0 Å². The maximum Gasteiger partial charge on any atom is 0.146 e. The third-order valence-electron chi connectivity index (χ3n) is 2.68. The Balaban J connectivity index is 2.37. The zero-order valence-corrected chi connectivity index (χ0v) is 11.1. The predicted octanol–water partition coefficient (Wildman–Crippen LogP) is 4.49. The Labute approximate surface area is 112 Å². The molecule has 2 nitrogen and oxygen atoms in total. The van der Waals surface area contributed by atoms with Crippen molar-refractivity contribution in [3.05, 3.63) is 58.6 Å². The molecule has 0 amide bonds. The van der Waals surface area contributed by atoms with Crippen LogP contribution in [0, 0.1) is 6.92 Å². The van der Waals surface area contributed by atoms with Gasteiger partial charge in [0, 0.05) is 5.56 Å². The van der Waals surface area contributed by atoms with Crippen LogP contribution in [-0.2, 0) is 0 Å². The van der Waals surface area contributed by atoms with Crippen molar-refractivity contribution in [2.24, 2.45) is 0 Å². The summed E-state index contributed by atoms with van der Waals surface area (Å²) < 4.78 is 5.79. The van der Waals surface area contributed by atoms with Crippen LogP contribution in [0.15, 0.2) is 42.5 Å². The monoisotopic (exact) mass is 262 g/mol. The first-order valence-electron chi connectivity index (χ1n) is 5.79. The number of para-hydroxylation sites is 1. The summed E-state index contributed by atoms with van der Waals surface area (Å²) in [5, 5.41) is 10.2. The summed E-state index contributed by atoms with van der Waals surface area (Å²) in [4.78, 5) is 0. The molecule has 0 heterocycles. The summed E-state index contributed by atoms with van der Waals surface area (Å²) >= 11 is 6.09. The van der Waals surface area contributed by atoms with Crippen LogP contribution in [0.4, 0.5) is 0 Å². The summed E-state index contributed by atoms with van der Waals surface area (Å²) in [5.74, 6) is 1.23. The van der Waals surface area contributed by atoms with Crippen LogP contribution < -0.4 is 4.74 Å². The SMILES string of the molecule is Cc1ccc(Cl)c(Oc2ccccc2[C@@H](C)O)c1. The van der Waals surface area contributed by atoms with Crippen LogP contribution >= 0.6 is 11.6 Å². The molecule has 0 fully saturated rings. The molecule has 94 valence electrons. The van der Waals surface area contributed by atoms with E-state index in [1.807, 2.05) is 43.3 Å². The average molecular weight is 263 g/mol. The molecule has 2 aromatic carbocycles. The molecule has 0 saturated heterocycles. The van der Waals surface area contributed by atoms with Crippen molar-refractivity contribution < 1.29 is 9.84 Å². The smallest absolute Gasteiger partial charge is 0.146 e. The van der Waals surface area contributed by atoms with Crippen LogP contribution in [0.2, 0.25) is 5.02 Å². The van der Waals surface area contributed by atoms with Gasteiger partial charge in [-0.25, -0.2) is 0 Å². The van der Waals surface area contributed by atoms with E-state index >= 15 is 0 Å². The quantitative estimate of drug-likeness (QED) is 0.883. The summed E-state index contributed by atoms with van der Waals surface area (Å²) in [6.45, 7) is 3.68. The van der Waals surface area contributed by atoms with E-state index in [2.05, 4.69) is 0 Å². The minimum absolute atomic E-state index is 0.556. The normalized spacial score (nSPS) is 12.2. The molecule has 3 heteroatoms. The molecule has 1 atom stereocenters. The number of aliphatic hydroxyl groups excluding tert-OH is 1. The Hall–Kier alpha value is -1.51. The zero-order valence-electron chi connectivity index (χ0n) is 10.4. The topological polar surface area (TPSA) is 29.5 Å². The van der Waals surface area contributed by atoms with E-state index in [0.29, 0.717) is 16.5 Å². The van der Waals surface area contributed by atoms with Crippen molar-refractivity contribution >= 4 is 11.6 Å². The van der Waals surface area contributed by atoms with Crippen LogP contribution in [0.25, 0.3) is 0 Å². The number of rotatable bonds is 3. The van der Waals surface area contributed by atoms with Gasteiger partial charge in [-0.3, -0.25) is 0 Å². The van der Waals surface area contributed by atoms with Gasteiger partial charge in [0.05, 0.1) is 11.1 Å². The summed E-state index contributed by atoms with van der Waals surface area (Å²) in [7, 11) is 0. The predicted molar refractivity (Wildman–Crippen MR) is 73.3 cm³/mol. The summed E-state index contributed by atoms with van der Waals surface area (Å²) in [6, 6.07) is 13.0. The van der Waals surface area contributed by atoms with Crippen molar-refractivity contribution in [1.29, 1.82) is 0 Å². The lowest BCUT2D eigenvalue weighted by Crippen LogP contribution is -1.96. The van der Waals surface area contributed by atoms with Gasteiger partial charge >= 0.3 is 0 Å². The number of ether oxygens (including phenoxy) is 1. The van der Waals surface area contributed by atoms with E-state index in [4.69, 9.17) is 16.3 Å². The highest BCUT2D eigenvalue weighted by atomic mass is 35.5. The van der Waals surface area contributed by atoms with Crippen molar-refractivity contribution in [3.8, 4) is 11.5 Å². The molecule has 0 aromatic heterocycles. The first kappa shape index (κ1) is 12.9. The highest BCUT2D eigenvalue weighted by Gasteiger charge is 2.10. The number of hydrogen-bond acceptors (Lipinski definition) is 2. The lowest BCUT2D eigenvalue weighted by Gasteiger charge is -2.14. The van der Waals surface area contributed by atoms with Crippen molar-refractivity contribution in [2.45, 2.75) is 20.0 Å². The van der Waals surface area contributed by atoms with Gasteiger partial charge in [-0.2, -0.15) is 0 Å². The molecule has 0 saturated carbocycles. The number of halogens is 1. The zero-order chi connectivity index (χ0) is 13.1. The Morgan fingerprint density at radius 2 is 1.83 bits per heavy atom. The molecule has 2 aromatic rings. The fourth-order valence-electron chi connectivity index (χ4n) is 1.73. The molecule has 0 radical (unpaired) electrons. The minimum atomic E-state index is -0.579. The molecule has 0 aliphatic carbocycles. The standard InChI is InChI=1S/C15H15ClO2/c1-10-7-8-13(16)15(9-10)18-14-6-4-3-5-12(14)11(2)17/h3-9,11,17H,1-2H3/t11-/m1/s1. The maximum absolute atomic E-state index is 9.69. The second-order valence-corrected chi connectivity index (χ2v) is 4.66. The molecule has 1 N–H and O–H groups in total. The number of aliphatic hydroxyl groups is 1. The molecular formula is C15H15ClO2. The Bertz CT molecular complexity index is 550. The molecule has 0 bridgehead atoms. The third-order valence-corrected chi connectivity index (χ3v) is 2.99. The van der Waals surface area contributed by atoms with Gasteiger partial charge in [0.25, 0.3) is 0 Å². The number of benzene rings is 2. The van der Waals surface area contributed by atoms with Gasteiger partial charge in [-0.15, -0.1) is 0 Å². The molecular weight excluding hydrogens is 248 g/mol. The number of hydrogen-bond donors (Lipinski definition) is 1. The van der Waals surface area contributed by atoms with Gasteiger partial charge in [0.1, 0.15) is 11.5 Å². The molecule has 0 aliphatic heterocycles. The molecule has 18 heavy (non-hydrogen) atoms. The average Bonchev–Trinajstić information content (AvgIpc) is 2.34. The van der Waals surface area contributed by atoms with E-state index in [1.54, 1.807) is 13.0 Å². The fourth-order valence-corrected chi connectivity index (χ4v) is 1.88. The van der Waals surface area contributed by atoms with Crippen LogP contribution in [0.5, 0.6) is 11.5 Å². The lowest BCUT2D eigenvalue weighted by molar-refractivity contribution is 0.195. The van der Waals surface area contributed by atoms with Gasteiger partial charge in [0.15, 0.2) is 0 Å². The highest BCUT2D eigenvalue weighted by molar-refractivity contribution is 6.32. The van der Waals surface area contributed by atoms with E-state index < -0.39 is 6.10 Å². The van der Waals surface area contributed by atoms with Crippen molar-refractivity contribution in [3.63, 3.8) is 0 Å². The Morgan fingerprint density at radius 1 is 1.11 bits per heavy atom. The van der Waals surface area contributed by atoms with E-state index in [0.717, 1.165) is 11.1 Å². The Kier molecular flexibility index (Phi) is 3.90. The van der Waals surface area contributed by atoms with Crippen molar-refractivity contribution in [2.75, 3.05) is 0 Å². The van der Waals surface area contributed by atoms with Gasteiger partial charge in [0.2, 0.25) is 0 Å². The lowest BCUT2D eigenvalue weighted by atomic mass is 10.1. The minimum Gasteiger partial charge on any atom is -0.455 e. The largest absolute Gasteiger partial charge is 0.455 e. The van der Waals surface area contributed by atoms with Crippen molar-refractivity contribution in [1.82, 2.24) is 0 Å². The second kappa shape index (κ2) is 5.42. The van der Waals surface area contributed by atoms with Gasteiger partial charge in [-0.1, -0.05) is 35.9 Å².